The lowest BCUT2D eigenvalue weighted by atomic mass is 15.9. The topological polar surface area (TPSA) is 37.3 Å². The van der Waals surface area contributed by atoms with Crippen LogP contribution in [0, 0.1) is 0 Å². The van der Waals surface area contributed by atoms with Gasteiger partial charge in [0.05, 0.1) is 0 Å². The van der Waals surface area contributed by atoms with Gasteiger partial charge in [0.15, 0.2) is 0 Å². The van der Waals surface area contributed by atoms with Crippen molar-refractivity contribution in [3.63, 3.8) is 0 Å². The molecule has 0 rings (SSSR count). The van der Waals surface area contributed by atoms with Gasteiger partial charge in [-0.2, -0.15) is 4.89 Å². The summed E-state index contributed by atoms with van der Waals surface area (Å²) in [5.41, 5.74) is 0. The minimum Gasteiger partial charge on any atom is -0.159 e. The van der Waals surface area contributed by atoms with Crippen molar-refractivity contribution in [1.29, 1.82) is 0 Å². The summed E-state index contributed by atoms with van der Waals surface area (Å²) >= 11 is 0. The van der Waals surface area contributed by atoms with E-state index in [4.69, 9.17) is 4.89 Å². The molecule has 0 aliphatic carbocycles. The molecule has 0 saturated carbocycles. The molecule has 0 aliphatic heterocycles. The van der Waals surface area contributed by atoms with Gasteiger partial charge in [0.2, 0.25) is 7.96 Å². The Morgan fingerprint density at radius 3 is 2.33 bits per heavy atom. The fourth-order valence-electron chi connectivity index (χ4n) is 0.0552. The largest absolute Gasteiger partial charge is 0.522 e. The average Bonchev–Trinajstić information content (AvgIpc) is 1.35. The first kappa shape index (κ1) is 7.35. The SMILES string of the molecule is O=[P+](O)PPP. The molecule has 6 heteroatoms. The summed E-state index contributed by atoms with van der Waals surface area (Å²) in [7, 11) is 1.36. The molecule has 0 aromatic rings. The molecular formula is H5O2P4+. The molecule has 0 radical (unpaired) electrons. The summed E-state index contributed by atoms with van der Waals surface area (Å²) in [6, 6.07) is 0. The molecule has 0 bridgehead atoms. The minimum atomic E-state index is -1.83. The standard InChI is InChI=1S/H4O2P4/c1-6(2)5-4-3/h4-5H,3H2/p+1. The van der Waals surface area contributed by atoms with Gasteiger partial charge in [-0.25, -0.2) is 0 Å². The zero-order chi connectivity index (χ0) is 4.99. The van der Waals surface area contributed by atoms with E-state index in [-0.39, 0.29) is 7.96 Å². The van der Waals surface area contributed by atoms with Crippen LogP contribution in [0.4, 0.5) is 0 Å². The predicted molar refractivity (Wildman–Crippen MR) is 36.2 cm³/mol. The van der Waals surface area contributed by atoms with Gasteiger partial charge in [0.1, 0.15) is 0 Å². The first-order chi connectivity index (χ1) is 2.77. The van der Waals surface area contributed by atoms with Crippen molar-refractivity contribution in [3.05, 3.63) is 0 Å². The van der Waals surface area contributed by atoms with Gasteiger partial charge in [0.25, 0.3) is 0 Å². The smallest absolute Gasteiger partial charge is 0.159 e. The summed E-state index contributed by atoms with van der Waals surface area (Å²) in [5.74, 6) is 0. The molecule has 0 spiro atoms. The maximum absolute atomic E-state index is 9.75. The molecule has 1 N–H and O–H groups in total. The highest BCUT2D eigenvalue weighted by atomic mass is 32.6. The Morgan fingerprint density at radius 1 is 1.83 bits per heavy atom. The summed E-state index contributed by atoms with van der Waals surface area (Å²) in [4.78, 5) is 8.07. The van der Waals surface area contributed by atoms with Gasteiger partial charge in [-0.05, 0) is 12.5 Å². The lowest BCUT2D eigenvalue weighted by Gasteiger charge is -1.65. The molecule has 2 nitrogen and oxygen atoms in total. The molecule has 0 aliphatic rings. The molecule has 0 aromatic heterocycles. The van der Waals surface area contributed by atoms with E-state index < -0.39 is 7.72 Å². The Balaban J connectivity index is 2.83. The monoisotopic (exact) mass is 161 g/mol. The molecule has 0 heterocycles. The van der Waals surface area contributed by atoms with E-state index in [0.717, 1.165) is 0 Å². The zero-order valence-corrected chi connectivity index (χ0v) is 6.93. The van der Waals surface area contributed by atoms with Crippen LogP contribution in [0.1, 0.15) is 0 Å². The van der Waals surface area contributed by atoms with Crippen LogP contribution >= 0.6 is 32.6 Å². The van der Waals surface area contributed by atoms with E-state index in [1.807, 2.05) is 0 Å². The highest BCUT2D eigenvalue weighted by Gasteiger charge is 2.04. The van der Waals surface area contributed by atoms with Gasteiger partial charge < -0.3 is 0 Å². The van der Waals surface area contributed by atoms with Crippen LogP contribution in [0.5, 0.6) is 0 Å². The van der Waals surface area contributed by atoms with Crippen molar-refractivity contribution in [2.75, 3.05) is 0 Å². The lowest BCUT2D eigenvalue weighted by Crippen LogP contribution is -1.26. The third kappa shape index (κ3) is 5.35. The Labute approximate surface area is 42.8 Å². The fourth-order valence-corrected chi connectivity index (χ4v) is 4.47. The first-order valence-corrected chi connectivity index (χ1v) is 8.01. The number of rotatable bonds is 2. The zero-order valence-electron chi connectivity index (χ0n) is 2.88. The highest BCUT2D eigenvalue weighted by molar-refractivity contribution is 8.57. The van der Waals surface area contributed by atoms with E-state index >= 15 is 0 Å². The normalized spacial score (nSPS) is 15.3. The molecule has 36 valence electrons. The molecule has 0 saturated heterocycles. The van der Waals surface area contributed by atoms with Crippen molar-refractivity contribution < 1.29 is 9.46 Å². The van der Waals surface area contributed by atoms with E-state index in [0.29, 0.717) is 7.96 Å². The van der Waals surface area contributed by atoms with Crippen molar-refractivity contribution in [1.82, 2.24) is 0 Å². The van der Waals surface area contributed by atoms with Crippen molar-refractivity contribution >= 4 is 32.6 Å². The average molecular weight is 161 g/mol. The Bertz CT molecular complexity index is 49.5. The Hall–Kier alpha value is 1.35. The summed E-state index contributed by atoms with van der Waals surface area (Å²) in [6.07, 6.45) is 0. The van der Waals surface area contributed by atoms with Gasteiger partial charge in [0, 0.05) is 0 Å². The second kappa shape index (κ2) is 4.51. The van der Waals surface area contributed by atoms with E-state index in [9.17, 15) is 4.57 Å². The summed E-state index contributed by atoms with van der Waals surface area (Å²) in [5, 5.41) is 0. The Kier molecular flexibility index (Phi) is 5.52. The maximum Gasteiger partial charge on any atom is 0.522 e. The van der Waals surface area contributed by atoms with Gasteiger partial charge in [-0.1, -0.05) is 0 Å². The number of hydrogen-bond donors (Lipinski definition) is 1. The van der Waals surface area contributed by atoms with Crippen LogP contribution in [-0.4, -0.2) is 4.89 Å². The van der Waals surface area contributed by atoms with Crippen LogP contribution in [0.15, 0.2) is 0 Å². The quantitative estimate of drug-likeness (QED) is 0.625. The van der Waals surface area contributed by atoms with Gasteiger partial charge in [-0.3, -0.25) is 0 Å². The maximum atomic E-state index is 9.75. The predicted octanol–water partition coefficient (Wildman–Crippen LogP) is 1.70. The number of hydrogen-bond acceptors (Lipinski definition) is 1. The molecule has 0 fully saturated rings. The second-order valence-corrected chi connectivity index (χ2v) is 8.88. The minimum absolute atomic E-state index is 0.227. The second-order valence-electron chi connectivity index (χ2n) is 0.529. The summed E-state index contributed by atoms with van der Waals surface area (Å²) < 4.78 is 9.75. The van der Waals surface area contributed by atoms with Crippen molar-refractivity contribution in [3.8, 4) is 0 Å². The van der Waals surface area contributed by atoms with Crippen LogP contribution in [0.25, 0.3) is 0 Å². The molecule has 6 heavy (non-hydrogen) atoms. The van der Waals surface area contributed by atoms with Crippen LogP contribution in [0.2, 0.25) is 0 Å². The fraction of sp³-hybridized carbons (Fsp3) is 0. The summed E-state index contributed by atoms with van der Waals surface area (Å²) in [6.45, 7) is 0. The van der Waals surface area contributed by atoms with Crippen molar-refractivity contribution in [2.24, 2.45) is 0 Å². The molecule has 0 amide bonds. The van der Waals surface area contributed by atoms with E-state index in [2.05, 4.69) is 8.93 Å². The van der Waals surface area contributed by atoms with Crippen molar-refractivity contribution in [2.45, 2.75) is 0 Å². The van der Waals surface area contributed by atoms with Crippen LogP contribution in [-0.2, 0) is 4.57 Å². The van der Waals surface area contributed by atoms with Crippen LogP contribution in [0.3, 0.4) is 0 Å². The van der Waals surface area contributed by atoms with E-state index in [1.54, 1.807) is 0 Å². The third-order valence-electron chi connectivity index (χ3n) is 0.160. The first-order valence-electron chi connectivity index (χ1n) is 1.14. The molecular weight excluding hydrogens is 156 g/mol. The lowest BCUT2D eigenvalue weighted by molar-refractivity contribution is 0.519. The van der Waals surface area contributed by atoms with Crippen LogP contribution < -0.4 is 0 Å². The van der Waals surface area contributed by atoms with E-state index in [1.165, 1.54) is 0 Å². The molecule has 4 atom stereocenters. The molecule has 0 aromatic carbocycles. The molecule has 4 unspecified atom stereocenters. The van der Waals surface area contributed by atoms with Gasteiger partial charge in [-0.15, -0.1) is 8.93 Å². The third-order valence-corrected chi connectivity index (χ3v) is 7.81. The van der Waals surface area contributed by atoms with Gasteiger partial charge >= 0.3 is 7.72 Å². The Morgan fingerprint density at radius 2 is 2.33 bits per heavy atom. The highest BCUT2D eigenvalue weighted by Crippen LogP contribution is 2.58.